The molecule has 0 unspecified atom stereocenters. The van der Waals surface area contributed by atoms with Gasteiger partial charge in [0.1, 0.15) is 5.60 Å². The number of rotatable bonds is 3. The van der Waals surface area contributed by atoms with Crippen LogP contribution in [0.4, 0.5) is 4.79 Å². The molecule has 1 aliphatic carbocycles. The molecular weight excluding hydrogens is 316 g/mol. The Morgan fingerprint density at radius 3 is 2.24 bits per heavy atom. The molecule has 0 aromatic heterocycles. The average Bonchev–Trinajstić information content (AvgIpc) is 2.58. The summed E-state index contributed by atoms with van der Waals surface area (Å²) < 4.78 is 5.54. The van der Waals surface area contributed by atoms with Crippen molar-refractivity contribution in [1.29, 1.82) is 0 Å². The highest BCUT2D eigenvalue weighted by Gasteiger charge is 2.45. The normalized spacial score (nSPS) is 24.8. The van der Waals surface area contributed by atoms with Crippen molar-refractivity contribution >= 4 is 12.0 Å². The Kier molecular flexibility index (Phi) is 5.31. The molecule has 0 bridgehead atoms. The van der Waals surface area contributed by atoms with Crippen molar-refractivity contribution in [2.24, 2.45) is 11.3 Å². The van der Waals surface area contributed by atoms with E-state index in [4.69, 9.17) is 4.74 Å². The van der Waals surface area contributed by atoms with E-state index < -0.39 is 5.60 Å². The Morgan fingerprint density at radius 2 is 1.76 bits per heavy atom. The SMILES string of the molecule is CC(C)(C)OC(=O)N1CCC(CN2CCC2=O)(C2CCCCC2)CC1. The van der Waals surface area contributed by atoms with E-state index in [0.717, 1.165) is 39.0 Å². The first-order valence-corrected chi connectivity index (χ1v) is 10.0. The number of piperidine rings is 1. The zero-order valence-corrected chi connectivity index (χ0v) is 16.2. The minimum absolute atomic E-state index is 0.190. The Hall–Kier alpha value is -1.26. The standard InChI is InChI=1S/C20H34N2O3/c1-19(2,3)25-18(24)21-13-10-20(11-14-21,15-22-12-9-17(22)23)16-7-5-4-6-8-16/h16H,4-15H2,1-3H3. The van der Waals surface area contributed by atoms with Gasteiger partial charge < -0.3 is 14.5 Å². The van der Waals surface area contributed by atoms with Crippen molar-refractivity contribution in [3.63, 3.8) is 0 Å². The van der Waals surface area contributed by atoms with Crippen LogP contribution in [-0.4, -0.2) is 53.6 Å². The molecule has 2 saturated heterocycles. The van der Waals surface area contributed by atoms with E-state index in [0.29, 0.717) is 18.2 Å². The third-order valence-electron chi connectivity index (χ3n) is 6.34. The molecule has 0 atom stereocenters. The first-order valence-electron chi connectivity index (χ1n) is 10.0. The lowest BCUT2D eigenvalue weighted by atomic mass is 9.63. The molecule has 25 heavy (non-hydrogen) atoms. The molecular formula is C20H34N2O3. The maximum atomic E-state index is 12.4. The zero-order chi connectivity index (χ0) is 18.1. The van der Waals surface area contributed by atoms with Gasteiger partial charge in [0.15, 0.2) is 0 Å². The van der Waals surface area contributed by atoms with Crippen molar-refractivity contribution < 1.29 is 14.3 Å². The molecule has 0 spiro atoms. The lowest BCUT2D eigenvalue weighted by Crippen LogP contribution is -2.56. The van der Waals surface area contributed by atoms with Crippen LogP contribution in [-0.2, 0) is 9.53 Å². The zero-order valence-electron chi connectivity index (χ0n) is 16.2. The fraction of sp³-hybridized carbons (Fsp3) is 0.900. The maximum Gasteiger partial charge on any atom is 0.410 e. The monoisotopic (exact) mass is 350 g/mol. The van der Waals surface area contributed by atoms with Gasteiger partial charge in [-0.3, -0.25) is 4.79 Å². The van der Waals surface area contributed by atoms with Crippen LogP contribution in [0.2, 0.25) is 0 Å². The Balaban J connectivity index is 1.65. The van der Waals surface area contributed by atoms with Crippen molar-refractivity contribution in [2.75, 3.05) is 26.2 Å². The van der Waals surface area contributed by atoms with Gasteiger partial charge in [0.05, 0.1) is 0 Å². The van der Waals surface area contributed by atoms with E-state index in [1.165, 1.54) is 32.1 Å². The van der Waals surface area contributed by atoms with E-state index in [9.17, 15) is 9.59 Å². The lowest BCUT2D eigenvalue weighted by molar-refractivity contribution is -0.144. The summed E-state index contributed by atoms with van der Waals surface area (Å²) in [7, 11) is 0. The topological polar surface area (TPSA) is 49.9 Å². The van der Waals surface area contributed by atoms with Gasteiger partial charge in [-0.1, -0.05) is 19.3 Å². The van der Waals surface area contributed by atoms with Crippen molar-refractivity contribution in [3.05, 3.63) is 0 Å². The van der Waals surface area contributed by atoms with E-state index in [1.807, 2.05) is 25.7 Å². The molecule has 3 aliphatic rings. The first-order chi connectivity index (χ1) is 11.8. The molecule has 3 fully saturated rings. The molecule has 0 radical (unpaired) electrons. The largest absolute Gasteiger partial charge is 0.444 e. The molecule has 2 amide bonds. The molecule has 142 valence electrons. The third-order valence-corrected chi connectivity index (χ3v) is 6.34. The number of carbonyl (C=O) groups excluding carboxylic acids is 2. The number of likely N-dealkylation sites (tertiary alicyclic amines) is 2. The number of amides is 2. The number of β-lactam (4-membered cyclic amide) rings is 1. The van der Waals surface area contributed by atoms with Gasteiger partial charge in [-0.15, -0.1) is 0 Å². The van der Waals surface area contributed by atoms with Gasteiger partial charge in [0.25, 0.3) is 0 Å². The Morgan fingerprint density at radius 1 is 1.12 bits per heavy atom. The average molecular weight is 351 g/mol. The van der Waals surface area contributed by atoms with Crippen LogP contribution in [0.25, 0.3) is 0 Å². The van der Waals surface area contributed by atoms with E-state index >= 15 is 0 Å². The summed E-state index contributed by atoms with van der Waals surface area (Å²) in [6.07, 6.45) is 9.07. The van der Waals surface area contributed by atoms with Gasteiger partial charge in [0.2, 0.25) is 5.91 Å². The Labute approximate surface area is 152 Å². The molecule has 5 nitrogen and oxygen atoms in total. The smallest absolute Gasteiger partial charge is 0.410 e. The summed E-state index contributed by atoms with van der Waals surface area (Å²) in [5.41, 5.74) is -0.242. The predicted octanol–water partition coefficient (Wildman–Crippen LogP) is 3.82. The summed E-state index contributed by atoms with van der Waals surface area (Å²) in [4.78, 5) is 28.2. The second-order valence-corrected chi connectivity index (χ2v) is 9.23. The van der Waals surface area contributed by atoms with Crippen LogP contribution in [0.15, 0.2) is 0 Å². The van der Waals surface area contributed by atoms with Gasteiger partial charge in [-0.2, -0.15) is 0 Å². The van der Waals surface area contributed by atoms with E-state index in [-0.39, 0.29) is 11.5 Å². The number of ether oxygens (including phenoxy) is 1. The minimum atomic E-state index is -0.445. The summed E-state index contributed by atoms with van der Waals surface area (Å²) >= 11 is 0. The Bertz CT molecular complexity index is 498. The van der Waals surface area contributed by atoms with Gasteiger partial charge in [-0.05, 0) is 57.8 Å². The summed E-state index contributed by atoms with van der Waals surface area (Å²) in [5, 5.41) is 0. The van der Waals surface area contributed by atoms with E-state index in [2.05, 4.69) is 4.90 Å². The van der Waals surface area contributed by atoms with Crippen LogP contribution in [0.1, 0.15) is 72.1 Å². The molecule has 5 heteroatoms. The van der Waals surface area contributed by atoms with Crippen molar-refractivity contribution in [2.45, 2.75) is 77.7 Å². The fourth-order valence-corrected chi connectivity index (χ4v) is 4.78. The van der Waals surface area contributed by atoms with E-state index in [1.54, 1.807) is 0 Å². The molecule has 3 rings (SSSR count). The second-order valence-electron chi connectivity index (χ2n) is 9.23. The first kappa shape index (κ1) is 18.5. The summed E-state index contributed by atoms with van der Waals surface area (Å²) in [6.45, 7) is 9.08. The quantitative estimate of drug-likeness (QED) is 0.727. The lowest BCUT2D eigenvalue weighted by Gasteiger charge is -2.51. The van der Waals surface area contributed by atoms with Gasteiger partial charge in [0, 0.05) is 32.6 Å². The van der Waals surface area contributed by atoms with Crippen LogP contribution in [0.5, 0.6) is 0 Å². The van der Waals surface area contributed by atoms with Crippen LogP contribution in [0.3, 0.4) is 0 Å². The molecule has 2 heterocycles. The van der Waals surface area contributed by atoms with Crippen LogP contribution >= 0.6 is 0 Å². The highest BCUT2D eigenvalue weighted by molar-refractivity contribution is 5.81. The second kappa shape index (κ2) is 7.16. The minimum Gasteiger partial charge on any atom is -0.444 e. The molecule has 0 aromatic rings. The predicted molar refractivity (Wildman–Crippen MR) is 97.2 cm³/mol. The van der Waals surface area contributed by atoms with Crippen LogP contribution in [0, 0.1) is 11.3 Å². The number of nitrogens with zero attached hydrogens (tertiary/aromatic N) is 2. The number of hydrogen-bond donors (Lipinski definition) is 0. The van der Waals surface area contributed by atoms with Gasteiger partial charge >= 0.3 is 6.09 Å². The highest BCUT2D eigenvalue weighted by Crippen LogP contribution is 2.47. The summed E-state index contributed by atoms with van der Waals surface area (Å²) in [5.74, 6) is 1.01. The fourth-order valence-electron chi connectivity index (χ4n) is 4.78. The number of carbonyl (C=O) groups is 2. The maximum absolute atomic E-state index is 12.4. The van der Waals surface area contributed by atoms with Crippen LogP contribution < -0.4 is 0 Å². The number of hydrogen-bond acceptors (Lipinski definition) is 3. The molecule has 0 aromatic carbocycles. The van der Waals surface area contributed by atoms with Gasteiger partial charge in [-0.25, -0.2) is 4.79 Å². The van der Waals surface area contributed by atoms with Crippen molar-refractivity contribution in [3.8, 4) is 0 Å². The highest BCUT2D eigenvalue weighted by atomic mass is 16.6. The molecule has 2 aliphatic heterocycles. The summed E-state index contributed by atoms with van der Waals surface area (Å²) in [6, 6.07) is 0. The molecule has 1 saturated carbocycles. The molecule has 0 N–H and O–H groups in total. The third kappa shape index (κ3) is 4.29. The van der Waals surface area contributed by atoms with Crippen molar-refractivity contribution in [1.82, 2.24) is 9.80 Å².